The van der Waals surface area contributed by atoms with Gasteiger partial charge in [0.2, 0.25) is 11.8 Å². The molecule has 3 heterocycles. The van der Waals surface area contributed by atoms with Gasteiger partial charge in [-0.05, 0) is 50.7 Å². The van der Waals surface area contributed by atoms with Crippen LogP contribution in [0.25, 0.3) is 10.6 Å². The fraction of sp³-hybridized carbons (Fsp3) is 0.435. The number of carboxylic acids is 1. The van der Waals surface area contributed by atoms with Crippen molar-refractivity contribution >= 4 is 28.9 Å². The van der Waals surface area contributed by atoms with E-state index in [4.69, 9.17) is 4.74 Å². The van der Waals surface area contributed by atoms with Gasteiger partial charge in [-0.3, -0.25) is 4.79 Å². The summed E-state index contributed by atoms with van der Waals surface area (Å²) in [6.07, 6.45) is 0.103. The molecule has 9 nitrogen and oxygen atoms in total. The van der Waals surface area contributed by atoms with E-state index in [1.54, 1.807) is 19.2 Å². The lowest BCUT2D eigenvalue weighted by Gasteiger charge is -2.35. The Labute approximate surface area is 208 Å². The first-order valence-corrected chi connectivity index (χ1v) is 11.9. The summed E-state index contributed by atoms with van der Waals surface area (Å²) in [5.74, 6) is -1.38. The van der Waals surface area contributed by atoms with E-state index in [9.17, 15) is 28.2 Å². The van der Waals surface area contributed by atoms with Crippen molar-refractivity contribution in [3.8, 4) is 16.5 Å². The first-order chi connectivity index (χ1) is 17.0. The number of thiazole rings is 1. The fourth-order valence-electron chi connectivity index (χ4n) is 4.22. The molecule has 0 saturated heterocycles. The molecule has 0 unspecified atom stereocenters. The van der Waals surface area contributed by atoms with Gasteiger partial charge in [0.25, 0.3) is 0 Å². The zero-order chi connectivity index (χ0) is 26.1. The number of alkyl halides is 3. The van der Waals surface area contributed by atoms with Gasteiger partial charge in [-0.25, -0.2) is 19.9 Å². The number of methoxy groups -OCH3 is 1. The summed E-state index contributed by atoms with van der Waals surface area (Å²) in [5.41, 5.74) is -1.55. The molecule has 1 saturated carbocycles. The molecule has 3 aromatic heterocycles. The summed E-state index contributed by atoms with van der Waals surface area (Å²) in [6, 6.07) is 3.87. The summed E-state index contributed by atoms with van der Waals surface area (Å²) in [7, 11) is 1.41. The van der Waals surface area contributed by atoms with E-state index in [2.05, 4.69) is 25.3 Å². The van der Waals surface area contributed by atoms with Gasteiger partial charge in [0, 0.05) is 24.1 Å². The third-order valence-corrected chi connectivity index (χ3v) is 7.52. The lowest BCUT2D eigenvalue weighted by Crippen LogP contribution is -2.35. The zero-order valence-corrected chi connectivity index (χ0v) is 20.2. The van der Waals surface area contributed by atoms with Crippen LogP contribution in [-0.4, -0.2) is 43.2 Å². The first-order valence-electron chi connectivity index (χ1n) is 11.1. The van der Waals surface area contributed by atoms with Crippen LogP contribution in [0.1, 0.15) is 43.3 Å². The highest BCUT2D eigenvalue weighted by molar-refractivity contribution is 7.15. The predicted molar refractivity (Wildman–Crippen MR) is 125 cm³/mol. The maximum Gasteiger partial charge on any atom is 0.433 e. The molecule has 3 N–H and O–H groups in total. The molecule has 13 heteroatoms. The molecule has 1 aliphatic carbocycles. The van der Waals surface area contributed by atoms with Gasteiger partial charge < -0.3 is 20.3 Å². The highest BCUT2D eigenvalue weighted by Gasteiger charge is 2.40. The molecule has 36 heavy (non-hydrogen) atoms. The number of ether oxygens (including phenoxy) is 1. The topological polar surface area (TPSA) is 130 Å². The molecule has 0 aromatic carbocycles. The summed E-state index contributed by atoms with van der Waals surface area (Å²) >= 11 is 1.23. The second-order valence-electron chi connectivity index (χ2n) is 8.74. The van der Waals surface area contributed by atoms with Crippen LogP contribution in [0, 0.1) is 11.8 Å². The Bertz CT molecular complexity index is 1240. The van der Waals surface area contributed by atoms with Gasteiger partial charge in [0.1, 0.15) is 16.3 Å². The van der Waals surface area contributed by atoms with Gasteiger partial charge in [-0.1, -0.05) is 0 Å². The fourth-order valence-corrected chi connectivity index (χ4v) is 5.22. The van der Waals surface area contributed by atoms with E-state index >= 15 is 0 Å². The highest BCUT2D eigenvalue weighted by atomic mass is 32.1. The minimum atomic E-state index is -4.61. The van der Waals surface area contributed by atoms with E-state index in [0.29, 0.717) is 46.9 Å². The number of aromatic nitrogens is 4. The Morgan fingerprint density at radius 2 is 1.89 bits per heavy atom. The normalized spacial score (nSPS) is 19.9. The number of rotatable bonds is 7. The van der Waals surface area contributed by atoms with Crippen LogP contribution >= 0.6 is 11.3 Å². The molecular weight excluding hydrogens is 499 g/mol. The average molecular weight is 524 g/mol. The second-order valence-corrected chi connectivity index (χ2v) is 9.77. The molecule has 1 aliphatic rings. The number of aliphatic hydroxyl groups is 1. The lowest BCUT2D eigenvalue weighted by molar-refractivity contribution is -0.144. The quantitative estimate of drug-likeness (QED) is 0.397. The Morgan fingerprint density at radius 3 is 2.53 bits per heavy atom. The summed E-state index contributed by atoms with van der Waals surface area (Å²) in [4.78, 5) is 28.0. The monoisotopic (exact) mass is 523 g/mol. The number of halogens is 3. The third-order valence-electron chi connectivity index (χ3n) is 6.28. The van der Waals surface area contributed by atoms with Gasteiger partial charge in [-0.15, -0.1) is 11.3 Å². The molecule has 3 aromatic rings. The van der Waals surface area contributed by atoms with E-state index in [0.717, 1.165) is 12.3 Å². The van der Waals surface area contributed by atoms with Crippen molar-refractivity contribution in [1.82, 2.24) is 19.9 Å². The van der Waals surface area contributed by atoms with Crippen LogP contribution in [0.4, 0.5) is 24.8 Å². The van der Waals surface area contributed by atoms with E-state index in [1.165, 1.54) is 24.5 Å². The summed E-state index contributed by atoms with van der Waals surface area (Å²) in [5, 5.41) is 23.7. The number of anilines is 2. The molecule has 1 atom stereocenters. The molecule has 0 bridgehead atoms. The standard InChI is InChI=1S/C23H24F3N5O4S/c1-22(34,13-5-3-12(4-6-13)19(32)33)20-28-11-16(36-20)15-9-14(10-18(30-15)35-2)29-21-27-8-7-17(31-21)23(24,25)26/h7-13,34H,3-6H2,1-2H3,(H,32,33)(H,27,29,30,31)/t12-,13-,22-/m0/s1. The van der Waals surface area contributed by atoms with Crippen molar-refractivity contribution in [1.29, 1.82) is 0 Å². The van der Waals surface area contributed by atoms with Crippen molar-refractivity contribution in [2.45, 2.75) is 44.4 Å². The van der Waals surface area contributed by atoms with Crippen molar-refractivity contribution < 1.29 is 32.9 Å². The van der Waals surface area contributed by atoms with Gasteiger partial charge in [0.05, 0.1) is 23.6 Å². The maximum absolute atomic E-state index is 13.0. The number of nitrogens with zero attached hydrogens (tertiary/aromatic N) is 4. The number of pyridine rings is 1. The maximum atomic E-state index is 13.0. The number of hydrogen-bond donors (Lipinski definition) is 3. The molecular formula is C23H24F3N5O4S. The van der Waals surface area contributed by atoms with Crippen LogP contribution < -0.4 is 10.1 Å². The van der Waals surface area contributed by atoms with Gasteiger partial charge in [-0.2, -0.15) is 13.2 Å². The number of hydrogen-bond acceptors (Lipinski definition) is 9. The van der Waals surface area contributed by atoms with Crippen LogP contribution in [-0.2, 0) is 16.6 Å². The first kappa shape index (κ1) is 25.8. The minimum Gasteiger partial charge on any atom is -0.481 e. The number of nitrogens with one attached hydrogen (secondary N) is 1. The molecule has 192 valence electrons. The van der Waals surface area contributed by atoms with Crippen LogP contribution in [0.2, 0.25) is 0 Å². The predicted octanol–water partition coefficient (Wildman–Crippen LogP) is 4.86. The number of carbonyl (C=O) groups is 1. The van der Waals surface area contributed by atoms with E-state index in [1.807, 2.05) is 0 Å². The van der Waals surface area contributed by atoms with E-state index < -0.39 is 29.4 Å². The largest absolute Gasteiger partial charge is 0.481 e. The molecule has 0 radical (unpaired) electrons. The molecule has 4 rings (SSSR count). The van der Waals surface area contributed by atoms with Crippen molar-refractivity contribution in [2.75, 3.05) is 12.4 Å². The molecule has 1 fully saturated rings. The van der Waals surface area contributed by atoms with Crippen LogP contribution in [0.3, 0.4) is 0 Å². The van der Waals surface area contributed by atoms with E-state index in [-0.39, 0.29) is 17.7 Å². The minimum absolute atomic E-state index is 0.138. The Morgan fingerprint density at radius 1 is 1.17 bits per heavy atom. The zero-order valence-electron chi connectivity index (χ0n) is 19.4. The molecule has 0 aliphatic heterocycles. The average Bonchev–Trinajstić information content (AvgIpc) is 3.35. The van der Waals surface area contributed by atoms with Crippen molar-refractivity contribution in [3.05, 3.63) is 41.3 Å². The second kappa shape index (κ2) is 9.97. The number of aliphatic carboxylic acids is 1. The Kier molecular flexibility index (Phi) is 7.14. The van der Waals surface area contributed by atoms with Crippen LogP contribution in [0.15, 0.2) is 30.6 Å². The Balaban J connectivity index is 1.57. The highest BCUT2D eigenvalue weighted by Crippen LogP contribution is 2.43. The number of carboxylic acid groups (broad SMARTS) is 1. The summed E-state index contributed by atoms with van der Waals surface area (Å²) < 4.78 is 44.2. The van der Waals surface area contributed by atoms with Crippen molar-refractivity contribution in [3.63, 3.8) is 0 Å². The van der Waals surface area contributed by atoms with Crippen molar-refractivity contribution in [2.24, 2.45) is 11.8 Å². The van der Waals surface area contributed by atoms with Gasteiger partial charge in [0.15, 0.2) is 0 Å². The third kappa shape index (κ3) is 5.57. The lowest BCUT2D eigenvalue weighted by atomic mass is 9.74. The SMILES string of the molecule is COc1cc(Nc2nccc(C(F)(F)F)n2)cc(-c2cnc([C@@](C)(O)[C@H]3CC[C@H](C(=O)O)CC3)s2)n1. The van der Waals surface area contributed by atoms with Gasteiger partial charge >= 0.3 is 12.1 Å². The molecule has 0 amide bonds. The molecule has 0 spiro atoms. The van der Waals surface area contributed by atoms with Crippen LogP contribution in [0.5, 0.6) is 5.88 Å². The smallest absolute Gasteiger partial charge is 0.433 e. The Hall–Kier alpha value is -3.32. The summed E-state index contributed by atoms with van der Waals surface area (Å²) in [6.45, 7) is 1.68.